The highest BCUT2D eigenvalue weighted by molar-refractivity contribution is 6.17. The lowest BCUT2D eigenvalue weighted by molar-refractivity contribution is -0.132. The summed E-state index contributed by atoms with van der Waals surface area (Å²) < 4.78 is 0. The summed E-state index contributed by atoms with van der Waals surface area (Å²) in [5.74, 6) is -0.298. The van der Waals surface area contributed by atoms with Crippen LogP contribution in [0.2, 0.25) is 0 Å². The number of para-hydroxylation sites is 1. The van der Waals surface area contributed by atoms with Crippen LogP contribution in [0.25, 0.3) is 0 Å². The molecule has 1 N–H and O–H groups in total. The first-order valence-electron chi connectivity index (χ1n) is 10.2. The van der Waals surface area contributed by atoms with Crippen molar-refractivity contribution < 1.29 is 9.59 Å². The fourth-order valence-electron chi connectivity index (χ4n) is 3.95. The van der Waals surface area contributed by atoms with Crippen LogP contribution in [0, 0.1) is 5.41 Å². The second-order valence-electron chi connectivity index (χ2n) is 7.66. The molecule has 1 heterocycles. The quantitative estimate of drug-likeness (QED) is 0.773. The normalized spacial score (nSPS) is 17.2. The van der Waals surface area contributed by atoms with Gasteiger partial charge in [0.1, 0.15) is 5.41 Å². The topological polar surface area (TPSA) is 52.7 Å². The molecule has 0 bridgehead atoms. The van der Waals surface area contributed by atoms with Crippen LogP contribution < -0.4 is 15.1 Å². The standard InChI is InChI=1S/C23H27N3O2/c1-2-26(20-8-4-3-5-9-20)22(28)23(14-15-23)21(27)24-18-10-12-19(13-11-18)25-16-6-7-17-25/h3-5,8-13H,2,6-7,14-17H2,1H3,(H,24,27). The number of carbonyl (C=O) groups is 2. The minimum Gasteiger partial charge on any atom is -0.372 e. The molecule has 5 nitrogen and oxygen atoms in total. The largest absolute Gasteiger partial charge is 0.372 e. The molecule has 0 spiro atoms. The number of anilines is 3. The molecule has 2 fully saturated rings. The van der Waals surface area contributed by atoms with Gasteiger partial charge in [-0.15, -0.1) is 0 Å². The van der Waals surface area contributed by atoms with E-state index in [1.807, 2.05) is 61.5 Å². The summed E-state index contributed by atoms with van der Waals surface area (Å²) >= 11 is 0. The Morgan fingerprint density at radius 2 is 1.64 bits per heavy atom. The molecule has 146 valence electrons. The molecule has 0 atom stereocenters. The number of rotatable bonds is 6. The van der Waals surface area contributed by atoms with Gasteiger partial charge in [-0.05, 0) is 69.0 Å². The molecule has 2 aromatic carbocycles. The number of benzene rings is 2. The zero-order valence-electron chi connectivity index (χ0n) is 16.4. The summed E-state index contributed by atoms with van der Waals surface area (Å²) in [5.41, 5.74) is 1.84. The third-order valence-corrected chi connectivity index (χ3v) is 5.82. The molecule has 2 aromatic rings. The lowest BCUT2D eigenvalue weighted by Crippen LogP contribution is -2.43. The first-order chi connectivity index (χ1) is 13.6. The smallest absolute Gasteiger partial charge is 0.242 e. The van der Waals surface area contributed by atoms with Crippen molar-refractivity contribution in [1.82, 2.24) is 0 Å². The SMILES string of the molecule is CCN(C(=O)C1(C(=O)Nc2ccc(N3CCCC3)cc2)CC1)c1ccccc1. The summed E-state index contributed by atoms with van der Waals surface area (Å²) in [6.07, 6.45) is 3.68. The van der Waals surface area contributed by atoms with Crippen molar-refractivity contribution in [3.8, 4) is 0 Å². The van der Waals surface area contributed by atoms with E-state index in [9.17, 15) is 9.59 Å². The highest BCUT2D eigenvalue weighted by atomic mass is 16.2. The summed E-state index contributed by atoms with van der Waals surface area (Å²) in [4.78, 5) is 30.2. The number of nitrogens with zero attached hydrogens (tertiary/aromatic N) is 2. The van der Waals surface area contributed by atoms with Crippen LogP contribution >= 0.6 is 0 Å². The van der Waals surface area contributed by atoms with Gasteiger partial charge in [0.25, 0.3) is 0 Å². The van der Waals surface area contributed by atoms with Crippen LogP contribution in [0.4, 0.5) is 17.1 Å². The van der Waals surface area contributed by atoms with E-state index >= 15 is 0 Å². The molecular weight excluding hydrogens is 350 g/mol. The molecule has 0 radical (unpaired) electrons. The van der Waals surface area contributed by atoms with E-state index in [1.165, 1.54) is 18.5 Å². The van der Waals surface area contributed by atoms with Gasteiger partial charge in [0.15, 0.2) is 0 Å². The van der Waals surface area contributed by atoms with Gasteiger partial charge in [-0.3, -0.25) is 9.59 Å². The van der Waals surface area contributed by atoms with Crippen molar-refractivity contribution in [3.63, 3.8) is 0 Å². The molecule has 2 amide bonds. The van der Waals surface area contributed by atoms with Crippen molar-refractivity contribution in [1.29, 1.82) is 0 Å². The minimum atomic E-state index is -0.931. The lowest BCUT2D eigenvalue weighted by Gasteiger charge is -2.26. The fourth-order valence-corrected chi connectivity index (χ4v) is 3.95. The van der Waals surface area contributed by atoms with Crippen LogP contribution in [-0.2, 0) is 9.59 Å². The second kappa shape index (κ2) is 7.66. The molecule has 0 unspecified atom stereocenters. The maximum Gasteiger partial charge on any atom is 0.242 e. The first kappa shape index (κ1) is 18.5. The molecule has 5 heteroatoms. The number of amides is 2. The molecule has 4 rings (SSSR count). The Morgan fingerprint density at radius 1 is 1.00 bits per heavy atom. The summed E-state index contributed by atoms with van der Waals surface area (Å²) in [6, 6.07) is 17.5. The summed E-state index contributed by atoms with van der Waals surface area (Å²) in [5, 5.41) is 2.97. The second-order valence-corrected chi connectivity index (χ2v) is 7.66. The number of hydrogen-bond donors (Lipinski definition) is 1. The molecule has 1 saturated heterocycles. The van der Waals surface area contributed by atoms with Crippen LogP contribution in [0.1, 0.15) is 32.6 Å². The van der Waals surface area contributed by atoms with E-state index in [4.69, 9.17) is 0 Å². The zero-order valence-corrected chi connectivity index (χ0v) is 16.4. The van der Waals surface area contributed by atoms with Crippen LogP contribution in [0.3, 0.4) is 0 Å². The van der Waals surface area contributed by atoms with Crippen molar-refractivity contribution in [3.05, 3.63) is 54.6 Å². The van der Waals surface area contributed by atoms with E-state index in [-0.39, 0.29) is 11.8 Å². The van der Waals surface area contributed by atoms with Gasteiger partial charge >= 0.3 is 0 Å². The molecule has 0 aromatic heterocycles. The van der Waals surface area contributed by atoms with E-state index in [0.29, 0.717) is 19.4 Å². The Kier molecular flexibility index (Phi) is 5.07. The summed E-state index contributed by atoms with van der Waals surface area (Å²) in [7, 11) is 0. The molecule has 28 heavy (non-hydrogen) atoms. The number of nitrogens with one attached hydrogen (secondary N) is 1. The van der Waals surface area contributed by atoms with E-state index in [0.717, 1.165) is 24.5 Å². The predicted molar refractivity (Wildman–Crippen MR) is 113 cm³/mol. The third-order valence-electron chi connectivity index (χ3n) is 5.82. The lowest BCUT2D eigenvalue weighted by atomic mass is 10.0. The van der Waals surface area contributed by atoms with E-state index in [2.05, 4.69) is 10.2 Å². The van der Waals surface area contributed by atoms with Crippen LogP contribution in [-0.4, -0.2) is 31.4 Å². The van der Waals surface area contributed by atoms with Gasteiger partial charge in [-0.1, -0.05) is 18.2 Å². The average molecular weight is 377 g/mol. The molecule has 1 aliphatic heterocycles. The molecule has 2 aliphatic rings. The van der Waals surface area contributed by atoms with Crippen molar-refractivity contribution >= 4 is 28.9 Å². The summed E-state index contributed by atoms with van der Waals surface area (Å²) in [6.45, 7) is 4.67. The number of carbonyl (C=O) groups excluding carboxylic acids is 2. The molecule has 1 aliphatic carbocycles. The third kappa shape index (κ3) is 3.49. The monoisotopic (exact) mass is 377 g/mol. The predicted octanol–water partition coefficient (Wildman–Crippen LogP) is 4.06. The first-order valence-corrected chi connectivity index (χ1v) is 10.2. The zero-order chi connectivity index (χ0) is 19.6. The average Bonchev–Trinajstić information content (AvgIpc) is 3.37. The molecule has 1 saturated carbocycles. The highest BCUT2D eigenvalue weighted by Crippen LogP contribution is 2.48. The fraction of sp³-hybridized carbons (Fsp3) is 0.391. The Labute approximate surface area is 166 Å². The Morgan fingerprint density at radius 3 is 2.21 bits per heavy atom. The van der Waals surface area contributed by atoms with Gasteiger partial charge in [0.2, 0.25) is 11.8 Å². The van der Waals surface area contributed by atoms with Crippen molar-refractivity contribution in [2.45, 2.75) is 32.6 Å². The van der Waals surface area contributed by atoms with Crippen molar-refractivity contribution in [2.24, 2.45) is 5.41 Å². The molecular formula is C23H27N3O2. The van der Waals surface area contributed by atoms with Gasteiger partial charge in [0.05, 0.1) is 0 Å². The Balaban J connectivity index is 1.45. The Bertz CT molecular complexity index is 838. The maximum atomic E-state index is 13.2. The minimum absolute atomic E-state index is 0.104. The van der Waals surface area contributed by atoms with Gasteiger partial charge in [-0.25, -0.2) is 0 Å². The van der Waals surface area contributed by atoms with Gasteiger partial charge in [0, 0.05) is 36.7 Å². The van der Waals surface area contributed by atoms with Gasteiger partial charge in [-0.2, -0.15) is 0 Å². The van der Waals surface area contributed by atoms with E-state index in [1.54, 1.807) is 4.90 Å². The van der Waals surface area contributed by atoms with E-state index < -0.39 is 5.41 Å². The highest BCUT2D eigenvalue weighted by Gasteiger charge is 2.58. The number of hydrogen-bond acceptors (Lipinski definition) is 3. The van der Waals surface area contributed by atoms with Gasteiger partial charge < -0.3 is 15.1 Å². The Hall–Kier alpha value is -2.82. The van der Waals surface area contributed by atoms with Crippen LogP contribution in [0.5, 0.6) is 0 Å². The van der Waals surface area contributed by atoms with Crippen LogP contribution in [0.15, 0.2) is 54.6 Å². The van der Waals surface area contributed by atoms with Crippen molar-refractivity contribution in [2.75, 3.05) is 34.8 Å². The maximum absolute atomic E-state index is 13.2.